The van der Waals surface area contributed by atoms with Crippen LogP contribution in [0.25, 0.3) is 0 Å². The van der Waals surface area contributed by atoms with Crippen LogP contribution in [-0.2, 0) is 24.3 Å². The summed E-state index contributed by atoms with van der Waals surface area (Å²) in [6.45, 7) is 1.42. The van der Waals surface area contributed by atoms with Crippen molar-refractivity contribution in [2.24, 2.45) is 5.73 Å². The predicted molar refractivity (Wildman–Crippen MR) is 112 cm³/mol. The molecule has 0 spiro atoms. The third-order valence-electron chi connectivity index (χ3n) is 4.56. The Kier molecular flexibility index (Phi) is 7.08. The molecule has 148 valence electrons. The van der Waals surface area contributed by atoms with Crippen LogP contribution in [0.3, 0.4) is 0 Å². The lowest BCUT2D eigenvalue weighted by molar-refractivity contribution is -0.119. The summed E-state index contributed by atoms with van der Waals surface area (Å²) in [5, 5.41) is 6.08. The monoisotopic (exact) mass is 388 g/mol. The van der Waals surface area contributed by atoms with Gasteiger partial charge in [-0.05, 0) is 41.0 Å². The lowest BCUT2D eigenvalue weighted by atomic mass is 10.0. The Morgan fingerprint density at radius 1 is 0.828 bits per heavy atom. The molecule has 6 nitrogen and oxygen atoms in total. The molecule has 1 heterocycles. The summed E-state index contributed by atoms with van der Waals surface area (Å²) in [6.07, 6.45) is 3.89. The molecular weight excluding hydrogens is 364 g/mol. The summed E-state index contributed by atoms with van der Waals surface area (Å²) in [5.41, 5.74) is 9.12. The highest BCUT2D eigenvalue weighted by atomic mass is 16.2. The number of hydrogen-bond donors (Lipinski definition) is 3. The molecule has 0 aliphatic rings. The summed E-state index contributed by atoms with van der Waals surface area (Å²) < 4.78 is 0. The van der Waals surface area contributed by atoms with Gasteiger partial charge in [0.25, 0.3) is 5.91 Å². The number of rotatable bonds is 9. The Balaban J connectivity index is 1.54. The SMILES string of the molecule is NC(=O)[C@H](Cc1ccccc1)NC(=O)c1ccc(CNCc2ccncc2)cc1. The molecule has 6 heteroatoms. The van der Waals surface area contributed by atoms with E-state index in [0.29, 0.717) is 18.5 Å². The Morgan fingerprint density at radius 2 is 1.45 bits per heavy atom. The van der Waals surface area contributed by atoms with Crippen molar-refractivity contribution in [3.05, 3.63) is 101 Å². The molecule has 0 saturated carbocycles. The molecule has 3 aromatic rings. The highest BCUT2D eigenvalue weighted by Crippen LogP contribution is 2.08. The van der Waals surface area contributed by atoms with Crippen LogP contribution < -0.4 is 16.4 Å². The van der Waals surface area contributed by atoms with Crippen LogP contribution in [-0.4, -0.2) is 22.8 Å². The number of nitrogens with one attached hydrogen (secondary N) is 2. The van der Waals surface area contributed by atoms with Crippen LogP contribution in [0.15, 0.2) is 79.1 Å². The van der Waals surface area contributed by atoms with Gasteiger partial charge in [-0.3, -0.25) is 14.6 Å². The molecule has 0 bridgehead atoms. The van der Waals surface area contributed by atoms with E-state index >= 15 is 0 Å². The number of pyridine rings is 1. The van der Waals surface area contributed by atoms with Crippen LogP contribution in [0, 0.1) is 0 Å². The van der Waals surface area contributed by atoms with Crippen molar-refractivity contribution in [2.75, 3.05) is 0 Å². The zero-order chi connectivity index (χ0) is 20.5. The zero-order valence-electron chi connectivity index (χ0n) is 16.0. The predicted octanol–water partition coefficient (Wildman–Crippen LogP) is 2.20. The minimum absolute atomic E-state index is 0.318. The van der Waals surface area contributed by atoms with E-state index in [2.05, 4.69) is 15.6 Å². The first-order valence-electron chi connectivity index (χ1n) is 9.44. The fourth-order valence-electron chi connectivity index (χ4n) is 2.94. The molecule has 0 unspecified atom stereocenters. The van der Waals surface area contributed by atoms with Crippen LogP contribution in [0.2, 0.25) is 0 Å². The Labute approximate surface area is 170 Å². The number of primary amides is 1. The first kappa shape index (κ1) is 20.2. The van der Waals surface area contributed by atoms with Crippen molar-refractivity contribution in [2.45, 2.75) is 25.6 Å². The maximum Gasteiger partial charge on any atom is 0.251 e. The van der Waals surface area contributed by atoms with Crippen molar-refractivity contribution < 1.29 is 9.59 Å². The van der Waals surface area contributed by atoms with E-state index < -0.39 is 11.9 Å². The van der Waals surface area contributed by atoms with Gasteiger partial charge in [0.05, 0.1) is 0 Å². The van der Waals surface area contributed by atoms with Crippen molar-refractivity contribution in [3.63, 3.8) is 0 Å². The fraction of sp³-hybridized carbons (Fsp3) is 0.174. The van der Waals surface area contributed by atoms with Crippen molar-refractivity contribution in [1.82, 2.24) is 15.6 Å². The number of nitrogens with zero attached hydrogens (tertiary/aromatic N) is 1. The topological polar surface area (TPSA) is 97.1 Å². The fourth-order valence-corrected chi connectivity index (χ4v) is 2.94. The van der Waals surface area contributed by atoms with Crippen LogP contribution in [0.4, 0.5) is 0 Å². The summed E-state index contributed by atoms with van der Waals surface area (Å²) in [7, 11) is 0. The van der Waals surface area contributed by atoms with E-state index in [4.69, 9.17) is 5.73 Å². The number of carbonyl (C=O) groups excluding carboxylic acids is 2. The molecule has 0 aliphatic heterocycles. The maximum atomic E-state index is 12.5. The zero-order valence-corrected chi connectivity index (χ0v) is 16.0. The van der Waals surface area contributed by atoms with Gasteiger partial charge in [-0.25, -0.2) is 0 Å². The average Bonchev–Trinajstić information content (AvgIpc) is 2.75. The van der Waals surface area contributed by atoms with Gasteiger partial charge in [0.2, 0.25) is 5.91 Å². The average molecular weight is 388 g/mol. The smallest absolute Gasteiger partial charge is 0.251 e. The molecule has 0 fully saturated rings. The normalized spacial score (nSPS) is 11.6. The molecule has 29 heavy (non-hydrogen) atoms. The standard InChI is InChI=1S/C23H24N4O2/c24-22(28)21(14-17-4-2-1-3-5-17)27-23(29)20-8-6-18(7-9-20)15-26-16-19-10-12-25-13-11-19/h1-13,21,26H,14-16H2,(H2,24,28)(H,27,29)/t21-/m0/s1. The lowest BCUT2D eigenvalue weighted by Crippen LogP contribution is -2.45. The second kappa shape index (κ2) is 10.1. The third-order valence-corrected chi connectivity index (χ3v) is 4.56. The van der Waals surface area contributed by atoms with Gasteiger partial charge in [-0.2, -0.15) is 0 Å². The molecule has 3 rings (SSSR count). The van der Waals surface area contributed by atoms with Crippen LogP contribution >= 0.6 is 0 Å². The van der Waals surface area contributed by atoms with E-state index in [9.17, 15) is 9.59 Å². The van der Waals surface area contributed by atoms with Gasteiger partial charge in [0.15, 0.2) is 0 Å². The Hall–Kier alpha value is -3.51. The first-order valence-corrected chi connectivity index (χ1v) is 9.44. The minimum atomic E-state index is -0.758. The van der Waals surface area contributed by atoms with E-state index in [1.807, 2.05) is 54.6 Å². The van der Waals surface area contributed by atoms with Crippen molar-refractivity contribution in [1.29, 1.82) is 0 Å². The number of aromatic nitrogens is 1. The molecule has 1 aromatic heterocycles. The number of carbonyl (C=O) groups is 2. The molecule has 2 aromatic carbocycles. The second-order valence-corrected chi connectivity index (χ2v) is 6.77. The molecule has 0 radical (unpaired) electrons. The number of amides is 2. The van der Waals surface area contributed by atoms with Crippen molar-refractivity contribution in [3.8, 4) is 0 Å². The van der Waals surface area contributed by atoms with Crippen LogP contribution in [0.5, 0.6) is 0 Å². The first-order chi connectivity index (χ1) is 14.1. The van der Waals surface area contributed by atoms with Gasteiger partial charge in [0.1, 0.15) is 6.04 Å². The highest BCUT2D eigenvalue weighted by Gasteiger charge is 2.19. The van der Waals surface area contributed by atoms with Gasteiger partial charge in [-0.1, -0.05) is 42.5 Å². The largest absolute Gasteiger partial charge is 0.368 e. The van der Waals surface area contributed by atoms with E-state index in [-0.39, 0.29) is 5.91 Å². The van der Waals surface area contributed by atoms with Gasteiger partial charge in [0, 0.05) is 37.5 Å². The molecule has 4 N–H and O–H groups in total. The number of nitrogens with two attached hydrogens (primary N) is 1. The van der Waals surface area contributed by atoms with Gasteiger partial charge < -0.3 is 16.4 Å². The van der Waals surface area contributed by atoms with Gasteiger partial charge in [-0.15, -0.1) is 0 Å². The quantitative estimate of drug-likeness (QED) is 0.523. The summed E-state index contributed by atoms with van der Waals surface area (Å²) in [6, 6.07) is 19.9. The molecular formula is C23H24N4O2. The lowest BCUT2D eigenvalue weighted by Gasteiger charge is -2.16. The maximum absolute atomic E-state index is 12.5. The van der Waals surface area contributed by atoms with Crippen molar-refractivity contribution >= 4 is 11.8 Å². The summed E-state index contributed by atoms with van der Waals surface area (Å²) in [4.78, 5) is 28.3. The van der Waals surface area contributed by atoms with Crippen LogP contribution in [0.1, 0.15) is 27.0 Å². The third kappa shape index (κ3) is 6.26. The van der Waals surface area contributed by atoms with Gasteiger partial charge >= 0.3 is 0 Å². The van der Waals surface area contributed by atoms with E-state index in [0.717, 1.165) is 23.2 Å². The summed E-state index contributed by atoms with van der Waals surface area (Å²) >= 11 is 0. The summed E-state index contributed by atoms with van der Waals surface area (Å²) in [5.74, 6) is -0.875. The van der Waals surface area contributed by atoms with E-state index in [1.54, 1.807) is 24.5 Å². The Bertz CT molecular complexity index is 928. The Morgan fingerprint density at radius 3 is 2.07 bits per heavy atom. The molecule has 0 saturated heterocycles. The van der Waals surface area contributed by atoms with E-state index in [1.165, 1.54) is 0 Å². The molecule has 0 aliphatic carbocycles. The number of benzene rings is 2. The molecule has 2 amide bonds. The second-order valence-electron chi connectivity index (χ2n) is 6.77. The molecule has 1 atom stereocenters. The highest BCUT2D eigenvalue weighted by molar-refractivity contribution is 5.97. The minimum Gasteiger partial charge on any atom is -0.368 e. The number of hydrogen-bond acceptors (Lipinski definition) is 4.